The first kappa shape index (κ1) is 62.7. The number of aliphatic imine (C=N–C) groups is 2. The standard InChI is InChI=1S/C31H30ClFN6O5S.C31H28ClFN6O5S/c1-17(29(40)41)18-3-6-20(7-4-18)39-15-21-14-37(10-11-38(21)31(39)43)16-24-25(30(42)44-2)26(22-8-5-19(33)13-23(22)32)36-27(35-24)28-34-9-12-45-28;1-44-30(42)26-24(35-28(29-34-10-13-45-29)36-27(26)22-8-5-19(33)14-23(22)32)17-37-11-12-38-21(15-37)16-39(31(38)43)20-6-2-18(3-7-20)4-9-25(40)41/h3-9,12-13,17,21,26H,10-11,14-16H2,1-2H3,(H,35,36)(H,40,41);2-10,13-14,21,27H,11-12,15-17H2,1H3,(H,35,36)(H,40,41)/b;9-4+/t17?,21-,26-;21-,27-/m00/s1. The average molecular weight is 1300 g/mol. The monoisotopic (exact) mass is 1300 g/mol. The zero-order valence-electron chi connectivity index (χ0n) is 48.5. The number of aromatic nitrogens is 2. The number of amides is 4. The van der Waals surface area contributed by atoms with E-state index in [9.17, 15) is 42.7 Å². The molecule has 4 N–H and O–H groups in total. The largest absolute Gasteiger partial charge is 0.481 e. The number of fused-ring (bicyclic) bond motifs is 2. The molecule has 28 heteroatoms. The zero-order chi connectivity index (χ0) is 63.5. The molecular formula is C62H58Cl2F2N12O10S2. The Hall–Kier alpha value is -8.92. The minimum Gasteiger partial charge on any atom is -0.481 e. The highest BCUT2D eigenvalue weighted by molar-refractivity contribution is 7.12. The predicted molar refractivity (Wildman–Crippen MR) is 335 cm³/mol. The molecule has 6 aliphatic heterocycles. The predicted octanol–water partition coefficient (Wildman–Crippen LogP) is 8.45. The van der Waals surface area contributed by atoms with Crippen molar-refractivity contribution < 1.29 is 57.2 Å². The number of carboxylic acids is 2. The lowest BCUT2D eigenvalue weighted by Gasteiger charge is -2.38. The number of piperazine rings is 2. The van der Waals surface area contributed by atoms with Crippen molar-refractivity contribution in [1.82, 2.24) is 40.2 Å². The fraction of sp³-hybridized carbons (Fsp3) is 0.290. The van der Waals surface area contributed by atoms with Crippen molar-refractivity contribution in [2.24, 2.45) is 9.98 Å². The Labute approximate surface area is 532 Å². The molecule has 0 bridgehead atoms. The van der Waals surface area contributed by atoms with Crippen molar-refractivity contribution in [2.45, 2.75) is 37.0 Å². The Morgan fingerprint density at radius 2 is 1.10 bits per heavy atom. The summed E-state index contributed by atoms with van der Waals surface area (Å²) in [5, 5.41) is 30.0. The lowest BCUT2D eigenvalue weighted by molar-refractivity contribution is -0.138. The van der Waals surface area contributed by atoms with Crippen molar-refractivity contribution >= 4 is 111 Å². The number of hydrogen-bond acceptors (Lipinski definition) is 18. The number of carboxylic acid groups (broad SMARTS) is 2. The van der Waals surface area contributed by atoms with Crippen molar-refractivity contribution in [3.63, 3.8) is 0 Å². The maximum absolute atomic E-state index is 14.0. The number of halogens is 4. The molecule has 6 aromatic rings. The first-order chi connectivity index (χ1) is 43.3. The average Bonchev–Trinajstić information content (AvgIpc) is 1.22. The molecule has 4 aromatic carbocycles. The second kappa shape index (κ2) is 27.0. The molecule has 0 saturated carbocycles. The third-order valence-electron chi connectivity index (χ3n) is 16.2. The fourth-order valence-electron chi connectivity index (χ4n) is 11.7. The number of methoxy groups -OCH3 is 2. The van der Waals surface area contributed by atoms with Crippen LogP contribution in [0.5, 0.6) is 0 Å². The third kappa shape index (κ3) is 13.3. The van der Waals surface area contributed by atoms with Gasteiger partial charge in [-0.2, -0.15) is 0 Å². The van der Waals surface area contributed by atoms with Gasteiger partial charge in [0.15, 0.2) is 21.7 Å². The van der Waals surface area contributed by atoms with Crippen LogP contribution in [0.3, 0.4) is 0 Å². The molecule has 0 aliphatic carbocycles. The number of anilines is 2. The SMILES string of the molecule is COC(=O)C1=C(CN2CCN3C(=O)N(c4ccc(/C=C/C(=O)O)cc4)C[C@@H]3C2)NC(c2nccs2)=N[C@H]1c1ccc(F)cc1Cl.COC(=O)C1=C(CN2CCN3C(=O)N(c4ccc(C(C)C(=O)O)cc4)C[C@@H]3C2)NC(c2nccs2)=N[C@H]1c1ccc(F)cc1Cl. The summed E-state index contributed by atoms with van der Waals surface area (Å²) in [5.74, 6) is -3.87. The van der Waals surface area contributed by atoms with Gasteiger partial charge in [-0.3, -0.25) is 34.4 Å². The summed E-state index contributed by atoms with van der Waals surface area (Å²) in [6, 6.07) is 20.0. The Bertz CT molecular complexity index is 3930. The van der Waals surface area contributed by atoms with Crippen molar-refractivity contribution in [3.8, 4) is 0 Å². The number of amidine groups is 2. The molecule has 5 atom stereocenters. The molecule has 90 heavy (non-hydrogen) atoms. The number of benzene rings is 4. The molecule has 4 amide bonds. The topological polar surface area (TPSA) is 255 Å². The lowest BCUT2D eigenvalue weighted by atomic mass is 9.95. The summed E-state index contributed by atoms with van der Waals surface area (Å²) in [6.07, 6.45) is 5.88. The number of nitrogens with zero attached hydrogens (tertiary/aromatic N) is 10. The van der Waals surface area contributed by atoms with Crippen LogP contribution in [0.15, 0.2) is 147 Å². The maximum atomic E-state index is 14.0. The number of carbonyl (C=O) groups excluding carboxylic acids is 4. The van der Waals surface area contributed by atoms with E-state index in [1.54, 1.807) is 77.6 Å². The Kier molecular flexibility index (Phi) is 18.8. The highest BCUT2D eigenvalue weighted by Gasteiger charge is 2.45. The summed E-state index contributed by atoms with van der Waals surface area (Å²) in [7, 11) is 2.59. The number of thiazole rings is 2. The van der Waals surface area contributed by atoms with Gasteiger partial charge in [0.1, 0.15) is 23.7 Å². The van der Waals surface area contributed by atoms with E-state index in [0.29, 0.717) is 126 Å². The van der Waals surface area contributed by atoms with Crippen LogP contribution in [-0.4, -0.2) is 179 Å². The van der Waals surface area contributed by atoms with Crippen LogP contribution in [0.25, 0.3) is 6.08 Å². The van der Waals surface area contributed by atoms with Crippen LogP contribution in [-0.2, 0) is 28.7 Å². The molecule has 6 aliphatic rings. The molecule has 4 saturated heterocycles. The van der Waals surface area contributed by atoms with Gasteiger partial charge in [-0.05, 0) is 72.7 Å². The minimum atomic E-state index is -1.03. The summed E-state index contributed by atoms with van der Waals surface area (Å²) in [6.45, 7) is 6.37. The molecular weight excluding hydrogens is 1250 g/mol. The van der Waals surface area contributed by atoms with E-state index in [2.05, 4.69) is 30.4 Å². The normalized spacial score (nSPS) is 20.6. The van der Waals surface area contributed by atoms with Crippen LogP contribution in [0, 0.1) is 11.6 Å². The van der Waals surface area contributed by atoms with Gasteiger partial charge in [0.05, 0.1) is 43.4 Å². The summed E-state index contributed by atoms with van der Waals surface area (Å²) < 4.78 is 38.3. The van der Waals surface area contributed by atoms with Gasteiger partial charge in [-0.25, -0.2) is 42.7 Å². The number of esters is 2. The van der Waals surface area contributed by atoms with Gasteiger partial charge in [-0.1, -0.05) is 59.6 Å². The first-order valence-electron chi connectivity index (χ1n) is 28.3. The van der Waals surface area contributed by atoms with Crippen LogP contribution in [0.2, 0.25) is 10.0 Å². The van der Waals surface area contributed by atoms with Gasteiger partial charge < -0.3 is 40.1 Å². The second-order valence-electron chi connectivity index (χ2n) is 21.6. The second-order valence-corrected chi connectivity index (χ2v) is 24.3. The van der Waals surface area contributed by atoms with Crippen molar-refractivity contribution in [3.05, 3.63) is 191 Å². The smallest absolute Gasteiger partial charge is 0.338 e. The number of urea groups is 2. The molecule has 466 valence electrons. The van der Waals surface area contributed by atoms with Crippen LogP contribution in [0.1, 0.15) is 57.2 Å². The molecule has 0 spiro atoms. The van der Waals surface area contributed by atoms with E-state index in [0.717, 1.165) is 11.8 Å². The van der Waals surface area contributed by atoms with Crippen molar-refractivity contribution in [1.29, 1.82) is 0 Å². The molecule has 8 heterocycles. The van der Waals surface area contributed by atoms with Gasteiger partial charge in [0.2, 0.25) is 0 Å². The minimum absolute atomic E-state index is 0.0945. The van der Waals surface area contributed by atoms with Gasteiger partial charge in [0, 0.05) is 139 Å². The Morgan fingerprint density at radius 1 is 0.656 bits per heavy atom. The Balaban J connectivity index is 0.000000185. The zero-order valence-corrected chi connectivity index (χ0v) is 51.6. The number of carbonyl (C=O) groups is 6. The molecule has 4 fully saturated rings. The highest BCUT2D eigenvalue weighted by Crippen LogP contribution is 2.40. The van der Waals surface area contributed by atoms with E-state index in [-0.39, 0.29) is 45.3 Å². The maximum Gasteiger partial charge on any atom is 0.338 e. The van der Waals surface area contributed by atoms with E-state index in [4.69, 9.17) is 47.8 Å². The number of nitrogens with one attached hydrogen (secondary N) is 2. The van der Waals surface area contributed by atoms with Gasteiger partial charge >= 0.3 is 35.9 Å². The highest BCUT2D eigenvalue weighted by atomic mass is 35.5. The first-order valence-corrected chi connectivity index (χ1v) is 30.8. The van der Waals surface area contributed by atoms with E-state index in [1.165, 1.54) is 79.4 Å². The van der Waals surface area contributed by atoms with Crippen LogP contribution in [0.4, 0.5) is 29.7 Å². The van der Waals surface area contributed by atoms with Crippen LogP contribution >= 0.6 is 45.9 Å². The molecule has 0 radical (unpaired) electrons. The van der Waals surface area contributed by atoms with E-state index in [1.807, 2.05) is 20.6 Å². The quantitative estimate of drug-likeness (QED) is 0.0524. The summed E-state index contributed by atoms with van der Waals surface area (Å²) in [4.78, 5) is 105. The molecule has 1 unspecified atom stereocenters. The number of rotatable bonds is 16. The number of aliphatic carboxylic acids is 2. The number of ether oxygens (including phenoxy) is 2. The van der Waals surface area contributed by atoms with Crippen LogP contribution < -0.4 is 20.4 Å². The third-order valence-corrected chi connectivity index (χ3v) is 18.4. The van der Waals surface area contributed by atoms with Gasteiger partial charge in [0.25, 0.3) is 0 Å². The molecule has 12 rings (SSSR count). The lowest BCUT2D eigenvalue weighted by Crippen LogP contribution is -2.53. The molecule has 2 aromatic heterocycles. The molecule has 22 nitrogen and oxygen atoms in total. The van der Waals surface area contributed by atoms with E-state index >= 15 is 0 Å². The Morgan fingerprint density at radius 3 is 1.49 bits per heavy atom. The fourth-order valence-corrected chi connectivity index (χ4v) is 13.4. The summed E-state index contributed by atoms with van der Waals surface area (Å²) >= 11 is 15.7. The van der Waals surface area contributed by atoms with E-state index < -0.39 is 53.5 Å². The van der Waals surface area contributed by atoms with Gasteiger partial charge in [-0.15, -0.1) is 22.7 Å². The van der Waals surface area contributed by atoms with Crippen molar-refractivity contribution in [2.75, 3.05) is 89.5 Å². The summed E-state index contributed by atoms with van der Waals surface area (Å²) in [5.41, 5.74) is 5.36. The number of hydrogen-bond donors (Lipinski definition) is 4.